The van der Waals surface area contributed by atoms with Gasteiger partial charge >= 0.3 is 5.97 Å². The third kappa shape index (κ3) is 2.37. The number of thiophene rings is 1. The molecule has 0 radical (unpaired) electrons. The predicted octanol–water partition coefficient (Wildman–Crippen LogP) is 2.49. The molecule has 0 unspecified atom stereocenters. The van der Waals surface area contributed by atoms with Crippen LogP contribution in [0.5, 0.6) is 0 Å². The number of carbonyl (C=O) groups is 3. The first-order valence-electron chi connectivity index (χ1n) is 6.64. The first-order valence-corrected chi connectivity index (χ1v) is 7.45. The maximum Gasteiger partial charge on any atom is 0.330 e. The van der Waals surface area contributed by atoms with Gasteiger partial charge in [0.25, 0.3) is 0 Å². The molecule has 2 aromatic heterocycles. The third-order valence-corrected chi connectivity index (χ3v) is 4.28. The number of carbonyl (C=O) groups excluding carboxylic acids is 3. The fraction of sp³-hybridized carbons (Fsp3) is 0.125. The van der Waals surface area contributed by atoms with Crippen LogP contribution in [0.4, 0.5) is 0 Å². The van der Waals surface area contributed by atoms with E-state index in [4.69, 9.17) is 4.74 Å². The summed E-state index contributed by atoms with van der Waals surface area (Å²) in [6, 6.07) is 3.16. The van der Waals surface area contributed by atoms with E-state index in [2.05, 4.69) is 4.98 Å². The van der Waals surface area contributed by atoms with Gasteiger partial charge in [-0.05, 0) is 25.1 Å². The van der Waals surface area contributed by atoms with Crippen LogP contribution in [0, 0.1) is 0 Å². The molecule has 6 heteroatoms. The summed E-state index contributed by atoms with van der Waals surface area (Å²) in [7, 11) is 0. The zero-order valence-corrected chi connectivity index (χ0v) is 12.5. The van der Waals surface area contributed by atoms with Gasteiger partial charge in [0, 0.05) is 34.5 Å². The van der Waals surface area contributed by atoms with E-state index in [0.29, 0.717) is 33.1 Å². The Morgan fingerprint density at radius 2 is 2.09 bits per heavy atom. The second-order valence-electron chi connectivity index (χ2n) is 4.56. The summed E-state index contributed by atoms with van der Waals surface area (Å²) in [5.74, 6) is -0.864. The smallest absolute Gasteiger partial charge is 0.330 e. The largest absolute Gasteiger partial charge is 0.463 e. The van der Waals surface area contributed by atoms with Gasteiger partial charge in [-0.1, -0.05) is 0 Å². The van der Waals surface area contributed by atoms with Crippen molar-refractivity contribution >= 4 is 34.9 Å². The molecular weight excluding hydrogens is 302 g/mol. The van der Waals surface area contributed by atoms with Crippen molar-refractivity contribution in [2.45, 2.75) is 6.92 Å². The van der Waals surface area contributed by atoms with Gasteiger partial charge < -0.3 is 4.74 Å². The predicted molar refractivity (Wildman–Crippen MR) is 81.1 cm³/mol. The second kappa shape index (κ2) is 5.65. The minimum atomic E-state index is -0.459. The fourth-order valence-corrected chi connectivity index (χ4v) is 3.22. The van der Waals surface area contributed by atoms with Crippen molar-refractivity contribution < 1.29 is 19.1 Å². The van der Waals surface area contributed by atoms with E-state index in [1.54, 1.807) is 25.1 Å². The average Bonchev–Trinajstić information content (AvgIpc) is 2.96. The molecule has 5 nitrogen and oxygen atoms in total. The lowest BCUT2D eigenvalue weighted by atomic mass is 9.90. The number of rotatable bonds is 3. The molecule has 2 aromatic rings. The molecule has 0 atom stereocenters. The SMILES string of the molecule is CCOC(=O)/C=C/c1cc2c(s1)C(=O)c1ccncc1C2=O. The van der Waals surface area contributed by atoms with Crippen LogP contribution in [0.15, 0.2) is 30.6 Å². The number of pyridine rings is 1. The molecule has 1 aliphatic carbocycles. The number of nitrogens with zero attached hydrogens (tertiary/aromatic N) is 1. The lowest BCUT2D eigenvalue weighted by Gasteiger charge is -2.12. The van der Waals surface area contributed by atoms with Gasteiger partial charge in [0.2, 0.25) is 5.78 Å². The van der Waals surface area contributed by atoms with E-state index < -0.39 is 5.97 Å². The van der Waals surface area contributed by atoms with Crippen LogP contribution in [-0.4, -0.2) is 29.1 Å². The lowest BCUT2D eigenvalue weighted by Crippen LogP contribution is -2.18. The molecule has 22 heavy (non-hydrogen) atoms. The Bertz CT molecular complexity index is 767. The topological polar surface area (TPSA) is 73.3 Å². The summed E-state index contributed by atoms with van der Waals surface area (Å²) in [5.41, 5.74) is 1.05. The van der Waals surface area contributed by atoms with Crippen LogP contribution in [-0.2, 0) is 9.53 Å². The normalized spacial score (nSPS) is 13.1. The number of ketones is 2. The van der Waals surface area contributed by atoms with Crippen LogP contribution >= 0.6 is 11.3 Å². The molecule has 110 valence electrons. The Morgan fingerprint density at radius 3 is 2.86 bits per heavy atom. The van der Waals surface area contributed by atoms with Crippen molar-refractivity contribution in [2.24, 2.45) is 0 Å². The Hall–Kier alpha value is -2.60. The zero-order valence-electron chi connectivity index (χ0n) is 11.7. The van der Waals surface area contributed by atoms with E-state index in [1.807, 2.05) is 0 Å². The number of esters is 1. The monoisotopic (exact) mass is 313 g/mol. The molecule has 0 fully saturated rings. The molecule has 0 saturated carbocycles. The van der Waals surface area contributed by atoms with E-state index in [9.17, 15) is 14.4 Å². The maximum absolute atomic E-state index is 12.4. The van der Waals surface area contributed by atoms with Crippen LogP contribution < -0.4 is 0 Å². The summed E-state index contributed by atoms with van der Waals surface area (Å²) in [4.78, 5) is 41.1. The molecular formula is C16H11NO4S. The standard InChI is InChI=1S/C16H11NO4S/c1-2-21-13(18)4-3-9-7-11-14(19)12-8-17-6-5-10(12)15(20)16(11)22-9/h3-8H,2H2,1H3/b4-3+. The second-order valence-corrected chi connectivity index (χ2v) is 5.64. The summed E-state index contributed by atoms with van der Waals surface area (Å²) in [6.45, 7) is 2.02. The highest BCUT2D eigenvalue weighted by atomic mass is 32.1. The van der Waals surface area contributed by atoms with Crippen LogP contribution in [0.25, 0.3) is 6.08 Å². The van der Waals surface area contributed by atoms with Gasteiger partial charge in [0.1, 0.15) is 0 Å². The molecule has 0 aromatic carbocycles. The summed E-state index contributed by atoms with van der Waals surface area (Å²) in [6.07, 6.45) is 5.73. The highest BCUT2D eigenvalue weighted by Crippen LogP contribution is 2.33. The van der Waals surface area contributed by atoms with Crippen molar-refractivity contribution in [2.75, 3.05) is 6.61 Å². The van der Waals surface area contributed by atoms with Crippen LogP contribution in [0.2, 0.25) is 0 Å². The van der Waals surface area contributed by atoms with Crippen molar-refractivity contribution in [3.05, 3.63) is 57.0 Å². The van der Waals surface area contributed by atoms with Crippen LogP contribution in [0.1, 0.15) is 43.0 Å². The molecule has 0 amide bonds. The maximum atomic E-state index is 12.4. The van der Waals surface area contributed by atoms with Crippen molar-refractivity contribution in [3.63, 3.8) is 0 Å². The number of fused-ring (bicyclic) bond motifs is 2. The first-order chi connectivity index (χ1) is 10.6. The molecule has 0 bridgehead atoms. The number of hydrogen-bond donors (Lipinski definition) is 0. The lowest BCUT2D eigenvalue weighted by molar-refractivity contribution is -0.137. The molecule has 2 heterocycles. The minimum absolute atomic E-state index is 0.187. The van der Waals surface area contributed by atoms with Crippen molar-refractivity contribution in [3.8, 4) is 0 Å². The Kier molecular flexibility index (Phi) is 3.68. The van der Waals surface area contributed by atoms with Gasteiger partial charge in [-0.2, -0.15) is 0 Å². The number of hydrogen-bond acceptors (Lipinski definition) is 6. The summed E-state index contributed by atoms with van der Waals surface area (Å²) >= 11 is 1.19. The Labute approximate surface area is 130 Å². The highest BCUT2D eigenvalue weighted by molar-refractivity contribution is 7.15. The number of ether oxygens (including phenoxy) is 1. The first kappa shape index (κ1) is 14.3. The van der Waals surface area contributed by atoms with Gasteiger partial charge in [-0.3, -0.25) is 14.6 Å². The summed E-state index contributed by atoms with van der Waals surface area (Å²) in [5, 5.41) is 0. The quantitative estimate of drug-likeness (QED) is 0.548. The molecule has 0 spiro atoms. The molecule has 1 aliphatic rings. The molecule has 0 aliphatic heterocycles. The van der Waals surface area contributed by atoms with Gasteiger partial charge in [-0.25, -0.2) is 4.79 Å². The molecule has 0 saturated heterocycles. The molecule has 3 rings (SSSR count). The van der Waals surface area contributed by atoms with Crippen molar-refractivity contribution in [1.29, 1.82) is 0 Å². The zero-order chi connectivity index (χ0) is 15.7. The van der Waals surface area contributed by atoms with Crippen LogP contribution in [0.3, 0.4) is 0 Å². The average molecular weight is 313 g/mol. The minimum Gasteiger partial charge on any atom is -0.463 e. The summed E-state index contributed by atoms with van der Waals surface area (Å²) < 4.78 is 4.80. The van der Waals surface area contributed by atoms with Gasteiger partial charge in [0.05, 0.1) is 17.0 Å². The Morgan fingerprint density at radius 1 is 1.27 bits per heavy atom. The third-order valence-electron chi connectivity index (χ3n) is 3.18. The van der Waals surface area contributed by atoms with E-state index in [-0.39, 0.29) is 11.6 Å². The number of aromatic nitrogens is 1. The van der Waals surface area contributed by atoms with E-state index in [1.165, 1.54) is 29.8 Å². The van der Waals surface area contributed by atoms with Crippen molar-refractivity contribution in [1.82, 2.24) is 4.98 Å². The highest BCUT2D eigenvalue weighted by Gasteiger charge is 2.31. The van der Waals surface area contributed by atoms with Gasteiger partial charge in [0.15, 0.2) is 5.78 Å². The van der Waals surface area contributed by atoms with Gasteiger partial charge in [-0.15, -0.1) is 11.3 Å². The van der Waals surface area contributed by atoms with E-state index in [0.717, 1.165) is 0 Å². The van der Waals surface area contributed by atoms with E-state index >= 15 is 0 Å². The molecule has 0 N–H and O–H groups in total. The fourth-order valence-electron chi connectivity index (χ4n) is 2.21. The Balaban J connectivity index is 1.97.